The summed E-state index contributed by atoms with van der Waals surface area (Å²) in [6, 6.07) is 0. The minimum absolute atomic E-state index is 1.02. The molecule has 0 heterocycles. The third-order valence-corrected chi connectivity index (χ3v) is 2.26. The molecule has 1 aromatic carbocycles. The average molecular weight is 268 g/mol. The van der Waals surface area contributed by atoms with E-state index in [1.165, 1.54) is 0 Å². The minimum atomic E-state index is -2.27. The number of benzene rings is 1. The smallest absolute Gasteiger partial charge is 0.242 e. The van der Waals surface area contributed by atoms with Crippen LogP contribution in [0.3, 0.4) is 0 Å². The maximum atomic E-state index is 13.3. The minimum Gasteiger partial charge on any atom is -0.368 e. The molecule has 0 atom stereocenters. The van der Waals surface area contributed by atoms with Gasteiger partial charge in [-0.3, -0.25) is 4.79 Å². The van der Waals surface area contributed by atoms with Crippen molar-refractivity contribution in [2.24, 2.45) is 5.73 Å². The van der Waals surface area contributed by atoms with E-state index in [0.29, 0.717) is 0 Å². The fraction of sp³-hybridized carbons (Fsp3) is 0.300. The van der Waals surface area contributed by atoms with Gasteiger partial charge in [-0.05, 0) is 13.8 Å². The lowest BCUT2D eigenvalue weighted by atomic mass is 10.0. The van der Waals surface area contributed by atoms with Crippen LogP contribution < -0.4 is 11.1 Å². The van der Waals surface area contributed by atoms with Gasteiger partial charge in [0.1, 0.15) is 11.2 Å². The number of carbonyl (C=O) groups excluding carboxylic acids is 1. The average Bonchev–Trinajstić information content (AvgIpc) is 2.29. The van der Waals surface area contributed by atoms with Gasteiger partial charge in [0.2, 0.25) is 11.7 Å². The molecule has 0 unspecified atom stereocenters. The van der Waals surface area contributed by atoms with E-state index in [1.807, 2.05) is 5.32 Å². The predicted octanol–water partition coefficient (Wildman–Crippen LogP) is 2.06. The highest BCUT2D eigenvalue weighted by atomic mass is 19.2. The second kappa shape index (κ2) is 4.43. The zero-order chi connectivity index (χ0) is 14.2. The van der Waals surface area contributed by atoms with Gasteiger partial charge in [-0.15, -0.1) is 0 Å². The Bertz CT molecular complexity index is 486. The Hall–Kier alpha value is -1.86. The topological polar surface area (TPSA) is 55.1 Å². The Morgan fingerprint density at radius 3 is 1.61 bits per heavy atom. The SMILES string of the molecule is CC(C)(Nc1c(F)c(F)c(F)c(F)c1F)C(N)=O. The van der Waals surface area contributed by atoms with Crippen LogP contribution in [-0.2, 0) is 4.79 Å². The fourth-order valence-electron chi connectivity index (χ4n) is 1.09. The molecule has 0 aliphatic rings. The van der Waals surface area contributed by atoms with E-state index in [9.17, 15) is 26.7 Å². The van der Waals surface area contributed by atoms with E-state index >= 15 is 0 Å². The number of primary amides is 1. The molecule has 100 valence electrons. The second-order valence-corrected chi connectivity index (χ2v) is 4.06. The largest absolute Gasteiger partial charge is 0.368 e. The van der Waals surface area contributed by atoms with Crippen LogP contribution in [0.15, 0.2) is 0 Å². The Labute approximate surface area is 98.8 Å². The maximum absolute atomic E-state index is 13.3. The molecule has 1 rings (SSSR count). The highest BCUT2D eigenvalue weighted by Gasteiger charge is 2.32. The summed E-state index contributed by atoms with van der Waals surface area (Å²) < 4.78 is 65.0. The summed E-state index contributed by atoms with van der Waals surface area (Å²) >= 11 is 0. The number of anilines is 1. The van der Waals surface area contributed by atoms with Gasteiger partial charge in [-0.1, -0.05) is 0 Å². The van der Waals surface area contributed by atoms with Crippen molar-refractivity contribution in [3.8, 4) is 0 Å². The molecule has 1 amide bonds. The van der Waals surface area contributed by atoms with Gasteiger partial charge in [0.05, 0.1) is 0 Å². The van der Waals surface area contributed by atoms with Gasteiger partial charge in [-0.2, -0.15) is 0 Å². The number of halogens is 5. The zero-order valence-electron chi connectivity index (χ0n) is 9.38. The van der Waals surface area contributed by atoms with Crippen LogP contribution in [0.1, 0.15) is 13.8 Å². The fourth-order valence-corrected chi connectivity index (χ4v) is 1.09. The molecule has 0 aromatic heterocycles. The zero-order valence-corrected chi connectivity index (χ0v) is 9.38. The van der Waals surface area contributed by atoms with Gasteiger partial charge in [0.25, 0.3) is 0 Å². The van der Waals surface area contributed by atoms with Crippen molar-refractivity contribution in [1.29, 1.82) is 0 Å². The van der Waals surface area contributed by atoms with E-state index < -0.39 is 46.2 Å². The van der Waals surface area contributed by atoms with Crippen LogP contribution in [0.4, 0.5) is 27.6 Å². The molecule has 1 aromatic rings. The monoisotopic (exact) mass is 268 g/mol. The van der Waals surface area contributed by atoms with E-state index in [4.69, 9.17) is 5.73 Å². The molecular formula is C10H9F5N2O. The highest BCUT2D eigenvalue weighted by molar-refractivity contribution is 5.87. The highest BCUT2D eigenvalue weighted by Crippen LogP contribution is 2.29. The van der Waals surface area contributed by atoms with Crippen LogP contribution in [0, 0.1) is 29.1 Å². The molecule has 0 spiro atoms. The Morgan fingerprint density at radius 2 is 1.28 bits per heavy atom. The summed E-state index contributed by atoms with van der Waals surface area (Å²) in [5.41, 5.74) is 1.94. The second-order valence-electron chi connectivity index (χ2n) is 4.06. The summed E-state index contributed by atoms with van der Waals surface area (Å²) in [5.74, 6) is -11.6. The maximum Gasteiger partial charge on any atom is 0.242 e. The summed E-state index contributed by atoms with van der Waals surface area (Å²) in [5, 5.41) is 1.89. The van der Waals surface area contributed by atoms with Crippen molar-refractivity contribution in [1.82, 2.24) is 0 Å². The molecule has 3 nitrogen and oxygen atoms in total. The number of nitrogens with two attached hydrogens (primary N) is 1. The van der Waals surface area contributed by atoms with Crippen LogP contribution in [-0.4, -0.2) is 11.4 Å². The summed E-state index contributed by atoms with van der Waals surface area (Å²) in [7, 11) is 0. The van der Waals surface area contributed by atoms with Crippen molar-refractivity contribution in [3.05, 3.63) is 29.1 Å². The van der Waals surface area contributed by atoms with Crippen molar-refractivity contribution in [2.75, 3.05) is 5.32 Å². The molecule has 0 aliphatic carbocycles. The number of hydrogen-bond donors (Lipinski definition) is 2. The molecule has 8 heteroatoms. The van der Waals surface area contributed by atoms with Crippen molar-refractivity contribution in [3.63, 3.8) is 0 Å². The number of rotatable bonds is 3. The van der Waals surface area contributed by atoms with Crippen LogP contribution in [0.2, 0.25) is 0 Å². The standard InChI is InChI=1S/C10H9F5N2O/c1-10(2,9(16)18)17-8-6(14)4(12)3(11)5(13)7(8)15/h17H,1-2H3,(H2,16,18). The summed E-state index contributed by atoms with van der Waals surface area (Å²) in [6.45, 7) is 2.26. The molecule has 0 radical (unpaired) electrons. The van der Waals surface area contributed by atoms with Crippen LogP contribution in [0.25, 0.3) is 0 Å². The first-order chi connectivity index (χ1) is 8.09. The molecule has 0 saturated carbocycles. The van der Waals surface area contributed by atoms with E-state index in [0.717, 1.165) is 13.8 Å². The lowest BCUT2D eigenvalue weighted by molar-refractivity contribution is -0.121. The molecule has 0 aliphatic heterocycles. The van der Waals surface area contributed by atoms with E-state index in [2.05, 4.69) is 0 Å². The van der Waals surface area contributed by atoms with Crippen LogP contribution in [0.5, 0.6) is 0 Å². The van der Waals surface area contributed by atoms with Gasteiger partial charge in [0, 0.05) is 0 Å². The predicted molar refractivity (Wildman–Crippen MR) is 53.1 cm³/mol. The molecule has 18 heavy (non-hydrogen) atoms. The van der Waals surface area contributed by atoms with Gasteiger partial charge in [0.15, 0.2) is 23.3 Å². The first-order valence-electron chi connectivity index (χ1n) is 4.69. The Balaban J connectivity index is 3.39. The third kappa shape index (κ3) is 2.22. The molecule has 0 saturated heterocycles. The van der Waals surface area contributed by atoms with Crippen molar-refractivity contribution >= 4 is 11.6 Å². The lowest BCUT2D eigenvalue weighted by Gasteiger charge is -2.24. The molecule has 0 bridgehead atoms. The van der Waals surface area contributed by atoms with Crippen LogP contribution >= 0.6 is 0 Å². The number of carbonyl (C=O) groups is 1. The lowest BCUT2D eigenvalue weighted by Crippen LogP contribution is -2.45. The quantitative estimate of drug-likeness (QED) is 0.501. The van der Waals surface area contributed by atoms with E-state index in [-0.39, 0.29) is 0 Å². The molecule has 3 N–H and O–H groups in total. The van der Waals surface area contributed by atoms with Crippen molar-refractivity contribution in [2.45, 2.75) is 19.4 Å². The molecule has 0 fully saturated rings. The van der Waals surface area contributed by atoms with Crippen molar-refractivity contribution < 1.29 is 26.7 Å². The van der Waals surface area contributed by atoms with Gasteiger partial charge < -0.3 is 11.1 Å². The third-order valence-electron chi connectivity index (χ3n) is 2.26. The number of nitrogens with one attached hydrogen (secondary N) is 1. The van der Waals surface area contributed by atoms with E-state index in [1.54, 1.807) is 0 Å². The number of amides is 1. The molecular weight excluding hydrogens is 259 g/mol. The Kier molecular flexibility index (Phi) is 3.50. The first kappa shape index (κ1) is 14.2. The summed E-state index contributed by atoms with van der Waals surface area (Å²) in [4.78, 5) is 10.9. The van der Waals surface area contributed by atoms with Gasteiger partial charge in [-0.25, -0.2) is 22.0 Å². The van der Waals surface area contributed by atoms with Gasteiger partial charge >= 0.3 is 0 Å². The number of hydrogen-bond acceptors (Lipinski definition) is 2. The normalized spacial score (nSPS) is 11.5. The summed E-state index contributed by atoms with van der Waals surface area (Å²) in [6.07, 6.45) is 0. The first-order valence-corrected chi connectivity index (χ1v) is 4.69. The Morgan fingerprint density at radius 1 is 0.944 bits per heavy atom.